The van der Waals surface area contributed by atoms with Crippen molar-refractivity contribution in [3.8, 4) is 5.75 Å². The van der Waals surface area contributed by atoms with Crippen molar-refractivity contribution >= 4 is 0 Å². The molecule has 3 nitrogen and oxygen atoms in total. The molecule has 2 N–H and O–H groups in total. The Hall–Kier alpha value is -1.27. The van der Waals surface area contributed by atoms with Gasteiger partial charge in [0.2, 0.25) is 0 Å². The standard InChI is InChI=1S/C15H21F3O3/c1-3-11(4-2)14(20)13(19)9-10-5-7-12(8-6-10)21-15(16,17)18/h5-8,11,13-14,19-20H,3-4,9H2,1-2H3. The Kier molecular flexibility index (Phi) is 6.48. The molecule has 21 heavy (non-hydrogen) atoms. The first-order valence-corrected chi connectivity index (χ1v) is 6.97. The normalized spacial score (nSPS) is 15.0. The summed E-state index contributed by atoms with van der Waals surface area (Å²) in [6.45, 7) is 3.88. The zero-order valence-corrected chi connectivity index (χ0v) is 12.1. The molecule has 1 aromatic rings. The summed E-state index contributed by atoms with van der Waals surface area (Å²) in [7, 11) is 0. The Bertz CT molecular complexity index is 413. The molecule has 0 amide bonds. The Morgan fingerprint density at radius 1 is 1.05 bits per heavy atom. The topological polar surface area (TPSA) is 49.7 Å². The van der Waals surface area contributed by atoms with Gasteiger partial charge in [-0.3, -0.25) is 0 Å². The second-order valence-electron chi connectivity index (χ2n) is 5.03. The van der Waals surface area contributed by atoms with Crippen LogP contribution in [0.5, 0.6) is 5.75 Å². The van der Waals surface area contributed by atoms with Crippen molar-refractivity contribution in [1.82, 2.24) is 0 Å². The van der Waals surface area contributed by atoms with Gasteiger partial charge >= 0.3 is 6.36 Å². The first kappa shape index (κ1) is 17.8. The molecule has 0 heterocycles. The van der Waals surface area contributed by atoms with E-state index >= 15 is 0 Å². The molecule has 0 aliphatic heterocycles. The maximum atomic E-state index is 12.0. The molecule has 2 atom stereocenters. The summed E-state index contributed by atoms with van der Waals surface area (Å²) in [5.41, 5.74) is 0.641. The lowest BCUT2D eigenvalue weighted by Gasteiger charge is -2.25. The van der Waals surface area contributed by atoms with Crippen LogP contribution in [-0.2, 0) is 6.42 Å². The van der Waals surface area contributed by atoms with E-state index in [0.717, 1.165) is 12.8 Å². The van der Waals surface area contributed by atoms with Gasteiger partial charge in [0.05, 0.1) is 12.2 Å². The number of aliphatic hydroxyl groups excluding tert-OH is 2. The predicted molar refractivity (Wildman–Crippen MR) is 72.9 cm³/mol. The number of hydrogen-bond donors (Lipinski definition) is 2. The minimum absolute atomic E-state index is 0.00726. The minimum Gasteiger partial charge on any atom is -0.406 e. The van der Waals surface area contributed by atoms with E-state index in [4.69, 9.17) is 0 Å². The molecule has 1 aromatic carbocycles. The molecule has 0 saturated carbocycles. The average molecular weight is 306 g/mol. The van der Waals surface area contributed by atoms with E-state index in [2.05, 4.69) is 4.74 Å². The summed E-state index contributed by atoms with van der Waals surface area (Å²) >= 11 is 0. The van der Waals surface area contributed by atoms with Crippen LogP contribution in [0, 0.1) is 5.92 Å². The van der Waals surface area contributed by atoms with E-state index in [0.29, 0.717) is 5.56 Å². The van der Waals surface area contributed by atoms with Gasteiger partial charge in [-0.05, 0) is 23.6 Å². The first-order chi connectivity index (χ1) is 9.76. The summed E-state index contributed by atoms with van der Waals surface area (Å²) in [6.07, 6.45) is -4.80. The fraction of sp³-hybridized carbons (Fsp3) is 0.600. The van der Waals surface area contributed by atoms with Crippen molar-refractivity contribution in [2.75, 3.05) is 0 Å². The van der Waals surface area contributed by atoms with Crippen LogP contribution in [0.4, 0.5) is 13.2 Å². The van der Waals surface area contributed by atoms with Crippen LogP contribution in [0.2, 0.25) is 0 Å². The van der Waals surface area contributed by atoms with Gasteiger partial charge in [-0.25, -0.2) is 0 Å². The summed E-state index contributed by atoms with van der Waals surface area (Å²) in [5, 5.41) is 20.0. The number of rotatable bonds is 7. The Morgan fingerprint density at radius 3 is 2.00 bits per heavy atom. The van der Waals surface area contributed by atoms with Crippen molar-refractivity contribution in [3.63, 3.8) is 0 Å². The van der Waals surface area contributed by atoms with Gasteiger partial charge in [-0.2, -0.15) is 0 Å². The molecule has 120 valence electrons. The Morgan fingerprint density at radius 2 is 1.57 bits per heavy atom. The van der Waals surface area contributed by atoms with E-state index in [1.807, 2.05) is 13.8 Å². The van der Waals surface area contributed by atoms with E-state index in [1.165, 1.54) is 24.3 Å². The molecule has 6 heteroatoms. The van der Waals surface area contributed by atoms with Crippen LogP contribution in [0.1, 0.15) is 32.3 Å². The molecule has 0 bridgehead atoms. The molecule has 0 spiro atoms. The van der Waals surface area contributed by atoms with Gasteiger partial charge in [0, 0.05) is 6.42 Å². The van der Waals surface area contributed by atoms with Crippen LogP contribution in [0.3, 0.4) is 0 Å². The third-order valence-corrected chi connectivity index (χ3v) is 3.53. The molecular formula is C15H21F3O3. The van der Waals surface area contributed by atoms with Gasteiger partial charge in [-0.15, -0.1) is 13.2 Å². The highest BCUT2D eigenvalue weighted by Gasteiger charge is 2.31. The highest BCUT2D eigenvalue weighted by atomic mass is 19.4. The van der Waals surface area contributed by atoms with E-state index in [9.17, 15) is 23.4 Å². The summed E-state index contributed by atoms with van der Waals surface area (Å²) < 4.78 is 39.9. The Labute approximate surface area is 122 Å². The second-order valence-corrected chi connectivity index (χ2v) is 5.03. The molecule has 0 aliphatic carbocycles. The van der Waals surface area contributed by atoms with Crippen molar-refractivity contribution < 1.29 is 28.1 Å². The number of benzene rings is 1. The van der Waals surface area contributed by atoms with Gasteiger partial charge in [0.1, 0.15) is 5.75 Å². The van der Waals surface area contributed by atoms with Gasteiger partial charge in [-0.1, -0.05) is 38.8 Å². The smallest absolute Gasteiger partial charge is 0.406 e. The molecule has 2 unspecified atom stereocenters. The van der Waals surface area contributed by atoms with Crippen LogP contribution in [-0.4, -0.2) is 28.8 Å². The zero-order chi connectivity index (χ0) is 16.0. The van der Waals surface area contributed by atoms with Crippen molar-refractivity contribution in [2.24, 2.45) is 5.92 Å². The van der Waals surface area contributed by atoms with Crippen molar-refractivity contribution in [3.05, 3.63) is 29.8 Å². The number of hydrogen-bond acceptors (Lipinski definition) is 3. The molecule has 0 fully saturated rings. The number of alkyl halides is 3. The highest BCUT2D eigenvalue weighted by Crippen LogP contribution is 2.24. The van der Waals surface area contributed by atoms with Crippen LogP contribution >= 0.6 is 0 Å². The number of halogens is 3. The molecule has 1 rings (SSSR count). The summed E-state index contributed by atoms with van der Waals surface area (Å²) in [6, 6.07) is 5.28. The van der Waals surface area contributed by atoms with Gasteiger partial charge in [0.15, 0.2) is 0 Å². The van der Waals surface area contributed by atoms with E-state index in [1.54, 1.807) is 0 Å². The lowest BCUT2D eigenvalue weighted by molar-refractivity contribution is -0.274. The SMILES string of the molecule is CCC(CC)C(O)C(O)Cc1ccc(OC(F)(F)F)cc1. The molecule has 0 aliphatic rings. The highest BCUT2D eigenvalue weighted by molar-refractivity contribution is 5.27. The van der Waals surface area contributed by atoms with Crippen LogP contribution < -0.4 is 4.74 Å². The lowest BCUT2D eigenvalue weighted by atomic mass is 9.90. The Balaban J connectivity index is 2.63. The first-order valence-electron chi connectivity index (χ1n) is 6.97. The molecule has 0 radical (unpaired) electrons. The largest absolute Gasteiger partial charge is 0.573 e. The van der Waals surface area contributed by atoms with Crippen molar-refractivity contribution in [2.45, 2.75) is 51.7 Å². The maximum absolute atomic E-state index is 12.0. The fourth-order valence-electron chi connectivity index (χ4n) is 2.28. The third kappa shape index (κ3) is 5.93. The van der Waals surface area contributed by atoms with E-state index < -0.39 is 18.6 Å². The second kappa shape index (κ2) is 7.66. The molecule has 0 saturated heterocycles. The van der Waals surface area contributed by atoms with Gasteiger partial charge < -0.3 is 14.9 Å². The minimum atomic E-state index is -4.72. The summed E-state index contributed by atoms with van der Waals surface area (Å²) in [4.78, 5) is 0. The zero-order valence-electron chi connectivity index (χ0n) is 12.1. The van der Waals surface area contributed by atoms with Crippen LogP contribution in [0.25, 0.3) is 0 Å². The lowest BCUT2D eigenvalue weighted by Crippen LogP contribution is -2.34. The third-order valence-electron chi connectivity index (χ3n) is 3.53. The monoisotopic (exact) mass is 306 g/mol. The van der Waals surface area contributed by atoms with Gasteiger partial charge in [0.25, 0.3) is 0 Å². The van der Waals surface area contributed by atoms with Crippen LogP contribution in [0.15, 0.2) is 24.3 Å². The maximum Gasteiger partial charge on any atom is 0.573 e. The fourth-order valence-corrected chi connectivity index (χ4v) is 2.28. The van der Waals surface area contributed by atoms with E-state index in [-0.39, 0.29) is 18.1 Å². The molecular weight excluding hydrogens is 285 g/mol. The average Bonchev–Trinajstić information content (AvgIpc) is 2.40. The number of aliphatic hydroxyl groups is 2. The van der Waals surface area contributed by atoms with Crippen molar-refractivity contribution in [1.29, 1.82) is 0 Å². The number of ether oxygens (including phenoxy) is 1. The molecule has 0 aromatic heterocycles. The predicted octanol–water partition coefficient (Wildman–Crippen LogP) is 3.29. The summed E-state index contributed by atoms with van der Waals surface area (Å²) in [5.74, 6) is -0.297. The quantitative estimate of drug-likeness (QED) is 0.813.